The predicted molar refractivity (Wildman–Crippen MR) is 97.0 cm³/mol. The minimum atomic E-state index is 0.245. The summed E-state index contributed by atoms with van der Waals surface area (Å²) in [5, 5.41) is 12.5. The van der Waals surface area contributed by atoms with E-state index in [9.17, 15) is 0 Å². The van der Waals surface area contributed by atoms with Crippen LogP contribution in [0.2, 0.25) is 0 Å². The lowest BCUT2D eigenvalue weighted by Gasteiger charge is -2.04. The molecular formula is C17H16N5O2P. The van der Waals surface area contributed by atoms with Crippen molar-refractivity contribution in [1.82, 2.24) is 25.1 Å². The minimum absolute atomic E-state index is 0.245. The maximum Gasteiger partial charge on any atom is 0.258 e. The highest BCUT2D eigenvalue weighted by atomic mass is 31.0. The van der Waals surface area contributed by atoms with Crippen LogP contribution in [0.25, 0.3) is 33.9 Å². The summed E-state index contributed by atoms with van der Waals surface area (Å²) in [6.45, 7) is 4.13. The molecule has 0 spiro atoms. The summed E-state index contributed by atoms with van der Waals surface area (Å²) in [6, 6.07) is 13.5. The maximum atomic E-state index is 5.43. The van der Waals surface area contributed by atoms with Gasteiger partial charge in [-0.25, -0.2) is 4.68 Å². The molecule has 0 saturated heterocycles. The van der Waals surface area contributed by atoms with E-state index in [0.29, 0.717) is 17.5 Å². The van der Waals surface area contributed by atoms with Gasteiger partial charge in [-0.2, -0.15) is 4.98 Å². The highest BCUT2D eigenvalue weighted by Gasteiger charge is 2.15. The van der Waals surface area contributed by atoms with Gasteiger partial charge in [0.25, 0.3) is 5.89 Å². The molecule has 4 aromatic rings. The predicted octanol–water partition coefficient (Wildman–Crippen LogP) is 3.90. The highest BCUT2D eigenvalue weighted by Crippen LogP contribution is 2.31. The highest BCUT2D eigenvalue weighted by molar-refractivity contribution is 7.10. The zero-order valence-electron chi connectivity index (χ0n) is 13.7. The second-order valence-corrected chi connectivity index (χ2v) is 6.10. The second kappa shape index (κ2) is 6.26. The third-order valence-electron chi connectivity index (χ3n) is 3.89. The van der Waals surface area contributed by atoms with Gasteiger partial charge in [-0.3, -0.25) is 0 Å². The first kappa shape index (κ1) is 15.7. The Balaban J connectivity index is 1.74. The van der Waals surface area contributed by atoms with Crippen molar-refractivity contribution in [2.24, 2.45) is 0 Å². The van der Waals surface area contributed by atoms with E-state index in [1.165, 1.54) is 0 Å². The summed E-state index contributed by atoms with van der Waals surface area (Å²) in [7, 11) is 2.23. The molecule has 2 aromatic carbocycles. The van der Waals surface area contributed by atoms with E-state index in [0.717, 1.165) is 22.2 Å². The van der Waals surface area contributed by atoms with E-state index < -0.39 is 0 Å². The number of fused-ring (bicyclic) bond motifs is 1. The molecule has 0 N–H and O–H groups in total. The zero-order valence-corrected chi connectivity index (χ0v) is 14.9. The minimum Gasteiger partial charge on any atom is -0.480 e. The Morgan fingerprint density at radius 1 is 1.16 bits per heavy atom. The molecule has 25 heavy (non-hydrogen) atoms. The Bertz CT molecular complexity index is 1040. The van der Waals surface area contributed by atoms with Gasteiger partial charge >= 0.3 is 0 Å². The van der Waals surface area contributed by atoms with Crippen molar-refractivity contribution in [3.63, 3.8) is 0 Å². The Morgan fingerprint density at radius 2 is 2.00 bits per heavy atom. The van der Waals surface area contributed by atoms with Gasteiger partial charge in [-0.15, -0.1) is 5.10 Å². The van der Waals surface area contributed by atoms with Crippen LogP contribution in [0.3, 0.4) is 0 Å². The van der Waals surface area contributed by atoms with Gasteiger partial charge in [0.2, 0.25) is 5.82 Å². The smallest absolute Gasteiger partial charge is 0.258 e. The van der Waals surface area contributed by atoms with Crippen LogP contribution >= 0.6 is 9.47 Å². The largest absolute Gasteiger partial charge is 0.480 e. The quantitative estimate of drug-likeness (QED) is 0.518. The summed E-state index contributed by atoms with van der Waals surface area (Å²) < 4.78 is 12.6. The van der Waals surface area contributed by atoms with Gasteiger partial charge in [0.15, 0.2) is 0 Å². The molecule has 0 aliphatic carbocycles. The summed E-state index contributed by atoms with van der Waals surface area (Å²) in [5.74, 6) is 1.56. The van der Waals surface area contributed by atoms with Crippen LogP contribution in [-0.4, -0.2) is 25.1 Å². The van der Waals surface area contributed by atoms with E-state index in [-0.39, 0.29) is 6.04 Å². The molecule has 1 unspecified atom stereocenters. The Morgan fingerprint density at radius 3 is 2.80 bits per heavy atom. The third-order valence-corrected chi connectivity index (χ3v) is 4.14. The molecule has 126 valence electrons. The molecule has 0 amide bonds. The summed E-state index contributed by atoms with van der Waals surface area (Å²) in [6.07, 6.45) is 0. The van der Waals surface area contributed by atoms with Crippen molar-refractivity contribution in [3.05, 3.63) is 42.5 Å². The number of nitrogens with zero attached hydrogens (tertiary/aromatic N) is 5. The van der Waals surface area contributed by atoms with Crippen LogP contribution < -0.4 is 4.52 Å². The Kier molecular flexibility index (Phi) is 3.93. The number of aromatic nitrogens is 5. The monoisotopic (exact) mass is 353 g/mol. The number of hydrogen-bond donors (Lipinski definition) is 0. The van der Waals surface area contributed by atoms with Gasteiger partial charge in [0.05, 0.1) is 20.5 Å². The maximum absolute atomic E-state index is 5.43. The second-order valence-electron chi connectivity index (χ2n) is 5.87. The topological polar surface area (TPSA) is 78.9 Å². The summed E-state index contributed by atoms with van der Waals surface area (Å²) in [4.78, 5) is 4.49. The number of rotatable bonds is 4. The fourth-order valence-electron chi connectivity index (χ4n) is 2.66. The average Bonchev–Trinajstić information content (AvgIpc) is 3.28. The van der Waals surface area contributed by atoms with E-state index in [4.69, 9.17) is 9.05 Å². The van der Waals surface area contributed by atoms with Crippen LogP contribution in [0.1, 0.15) is 19.9 Å². The number of benzene rings is 2. The molecule has 7 nitrogen and oxygen atoms in total. The van der Waals surface area contributed by atoms with Crippen LogP contribution in [0, 0.1) is 0 Å². The van der Waals surface area contributed by atoms with Gasteiger partial charge < -0.3 is 9.05 Å². The van der Waals surface area contributed by atoms with E-state index in [1.807, 2.05) is 47.1 Å². The normalized spacial score (nSPS) is 11.4. The lowest BCUT2D eigenvalue weighted by molar-refractivity contribution is 0.432. The van der Waals surface area contributed by atoms with Crippen LogP contribution in [0.5, 0.6) is 5.75 Å². The van der Waals surface area contributed by atoms with Crippen LogP contribution in [0.15, 0.2) is 47.0 Å². The summed E-state index contributed by atoms with van der Waals surface area (Å²) in [5.41, 5.74) is 3.32. The van der Waals surface area contributed by atoms with Crippen molar-refractivity contribution in [2.75, 3.05) is 0 Å². The molecule has 2 aromatic heterocycles. The SMILES string of the molecule is CC(C)n1nnc2cc(-c3nc(-c4ccccc4OP)no3)ccc21. The van der Waals surface area contributed by atoms with Gasteiger partial charge in [0.1, 0.15) is 11.3 Å². The molecule has 0 aliphatic heterocycles. The van der Waals surface area contributed by atoms with Gasteiger partial charge in [-0.1, -0.05) is 22.5 Å². The first-order valence-corrected chi connectivity index (χ1v) is 8.29. The molecule has 0 fully saturated rings. The van der Waals surface area contributed by atoms with Crippen LogP contribution in [0.4, 0.5) is 0 Å². The Labute approximate surface area is 146 Å². The number of hydrogen-bond acceptors (Lipinski definition) is 6. The van der Waals surface area contributed by atoms with Crippen molar-refractivity contribution in [2.45, 2.75) is 19.9 Å². The molecule has 2 heterocycles. The average molecular weight is 353 g/mol. The first-order chi connectivity index (χ1) is 12.2. The molecular weight excluding hydrogens is 337 g/mol. The lowest BCUT2D eigenvalue weighted by atomic mass is 10.2. The molecule has 8 heteroatoms. The van der Waals surface area contributed by atoms with E-state index in [2.05, 4.69) is 43.8 Å². The van der Waals surface area contributed by atoms with E-state index >= 15 is 0 Å². The molecule has 4 rings (SSSR count). The van der Waals surface area contributed by atoms with Crippen molar-refractivity contribution >= 4 is 20.5 Å². The van der Waals surface area contributed by atoms with Crippen molar-refractivity contribution < 1.29 is 9.05 Å². The molecule has 0 bridgehead atoms. The van der Waals surface area contributed by atoms with Gasteiger partial charge in [0, 0.05) is 11.6 Å². The molecule has 0 radical (unpaired) electrons. The van der Waals surface area contributed by atoms with Crippen molar-refractivity contribution in [1.29, 1.82) is 0 Å². The number of para-hydroxylation sites is 1. The third kappa shape index (κ3) is 2.76. The standard InChI is InChI=1S/C17H16N5O2P/c1-10(2)22-14-8-7-11(9-13(14)19-21-22)17-18-16(20-23-17)12-5-3-4-6-15(12)24-25/h3-10H,25H2,1-2H3. The lowest BCUT2D eigenvalue weighted by Crippen LogP contribution is -2.02. The molecule has 1 atom stereocenters. The summed E-state index contributed by atoms with van der Waals surface area (Å²) >= 11 is 0. The fraction of sp³-hybridized carbons (Fsp3) is 0.176. The van der Waals surface area contributed by atoms with Crippen LogP contribution in [-0.2, 0) is 0 Å². The Hall–Kier alpha value is -2.79. The zero-order chi connectivity index (χ0) is 17.4. The molecule has 0 aliphatic rings. The van der Waals surface area contributed by atoms with Gasteiger partial charge in [-0.05, 0) is 44.2 Å². The van der Waals surface area contributed by atoms with E-state index in [1.54, 1.807) is 0 Å². The molecule has 0 saturated carbocycles. The van der Waals surface area contributed by atoms with Crippen molar-refractivity contribution in [3.8, 4) is 28.6 Å². The fourth-order valence-corrected chi connectivity index (χ4v) is 2.87. The first-order valence-electron chi connectivity index (χ1n) is 7.82.